The fourth-order valence-electron chi connectivity index (χ4n) is 0.446. The van der Waals surface area contributed by atoms with E-state index in [0.29, 0.717) is 0 Å². The van der Waals surface area contributed by atoms with E-state index in [1.54, 1.807) is 0 Å². The Bertz CT molecular complexity index is 162. The van der Waals surface area contributed by atoms with Gasteiger partial charge in [0.2, 0.25) is 5.91 Å². The summed E-state index contributed by atoms with van der Waals surface area (Å²) in [5.41, 5.74) is 0. The first-order valence-corrected chi connectivity index (χ1v) is 3.90. The van der Waals surface area contributed by atoms with Gasteiger partial charge in [-0.15, -0.1) is 0 Å². The van der Waals surface area contributed by atoms with Crippen LogP contribution in [0.5, 0.6) is 0 Å². The first-order chi connectivity index (χ1) is 4.46. The maximum Gasteiger partial charge on any atom is 1.00 e. The van der Waals surface area contributed by atoms with E-state index in [1.807, 2.05) is 0 Å². The van der Waals surface area contributed by atoms with E-state index in [0.717, 1.165) is 0 Å². The molecule has 0 fully saturated rings. The third-order valence-corrected chi connectivity index (χ3v) is 1.86. The van der Waals surface area contributed by atoms with Gasteiger partial charge in [-0.1, -0.05) is 0 Å². The predicted octanol–water partition coefficient (Wildman–Crippen LogP) is -3.65. The normalized spacial score (nSPS) is 14.5. The van der Waals surface area contributed by atoms with Crippen LogP contribution in [0.1, 0.15) is 6.92 Å². The van der Waals surface area contributed by atoms with Crippen LogP contribution in [0.25, 0.3) is 0 Å². The molecule has 0 saturated heterocycles. The molecule has 2 atom stereocenters. The van der Waals surface area contributed by atoms with Crippen molar-refractivity contribution in [3.63, 3.8) is 0 Å². The second kappa shape index (κ2) is 6.14. The maximum atomic E-state index is 10.8. The average Bonchev–Trinajstić information content (AvgIpc) is 1.84. The number of hydrogen-bond donors (Lipinski definition) is 0. The van der Waals surface area contributed by atoms with Crippen LogP contribution in [0.3, 0.4) is 0 Å². The van der Waals surface area contributed by atoms with Gasteiger partial charge in [0, 0.05) is 14.1 Å². The zero-order valence-electron chi connectivity index (χ0n) is 7.16. The van der Waals surface area contributed by atoms with Crippen LogP contribution >= 0.6 is 0 Å². The molecule has 0 saturated carbocycles. The number of hydrogen-bond acceptors (Lipinski definition) is 3. The number of rotatable bonds is 2. The van der Waals surface area contributed by atoms with Crippen molar-refractivity contribution in [2.75, 3.05) is 14.1 Å². The minimum atomic E-state index is -2.30. The molecule has 0 aliphatic carbocycles. The summed E-state index contributed by atoms with van der Waals surface area (Å²) >= 11 is -2.30. The zero-order valence-corrected chi connectivity index (χ0v) is 9.97. The van der Waals surface area contributed by atoms with Gasteiger partial charge >= 0.3 is 29.6 Å². The van der Waals surface area contributed by atoms with Gasteiger partial charge in [-0.25, -0.2) is 0 Å². The fraction of sp³-hybridized carbons (Fsp3) is 0.800. The Morgan fingerprint density at radius 1 is 1.55 bits per heavy atom. The van der Waals surface area contributed by atoms with E-state index in [4.69, 9.17) is 0 Å². The molecule has 11 heavy (non-hydrogen) atoms. The van der Waals surface area contributed by atoms with Crippen molar-refractivity contribution in [2.45, 2.75) is 12.2 Å². The quantitative estimate of drug-likeness (QED) is 0.331. The second-order valence-electron chi connectivity index (χ2n) is 2.14. The minimum absolute atomic E-state index is 0. The van der Waals surface area contributed by atoms with Gasteiger partial charge in [0.15, 0.2) is 0 Å². The molecule has 0 spiro atoms. The van der Waals surface area contributed by atoms with Gasteiger partial charge in [0.1, 0.15) is 0 Å². The van der Waals surface area contributed by atoms with E-state index in [9.17, 15) is 13.6 Å². The summed E-state index contributed by atoms with van der Waals surface area (Å²) in [7, 11) is 3.04. The average molecular weight is 187 g/mol. The molecular weight excluding hydrogens is 177 g/mol. The molecule has 2 unspecified atom stereocenters. The van der Waals surface area contributed by atoms with Crippen LogP contribution in [-0.2, 0) is 15.9 Å². The molecule has 0 N–H and O–H groups in total. The van der Waals surface area contributed by atoms with Gasteiger partial charge in [-0.05, 0) is 18.0 Å². The van der Waals surface area contributed by atoms with Crippen LogP contribution in [-0.4, -0.2) is 38.9 Å². The fourth-order valence-corrected chi connectivity index (χ4v) is 0.821. The number of nitrogens with zero attached hydrogens (tertiary/aromatic N) is 1. The van der Waals surface area contributed by atoms with E-state index in [1.165, 1.54) is 25.9 Å². The molecule has 60 valence electrons. The van der Waals surface area contributed by atoms with Crippen LogP contribution in [0.4, 0.5) is 0 Å². The monoisotopic (exact) mass is 187 g/mol. The molecule has 4 nitrogen and oxygen atoms in total. The maximum absolute atomic E-state index is 10.8. The van der Waals surface area contributed by atoms with Crippen LogP contribution in [0.15, 0.2) is 0 Å². The third-order valence-electron chi connectivity index (χ3n) is 1.08. The molecule has 1 amide bonds. The predicted molar refractivity (Wildman–Crippen MR) is 37.1 cm³/mol. The summed E-state index contributed by atoms with van der Waals surface area (Å²) in [6.07, 6.45) is 0. The van der Waals surface area contributed by atoms with Gasteiger partial charge in [0.25, 0.3) is 0 Å². The molecule has 0 bridgehead atoms. The Hall–Kier alpha value is 0.580. The van der Waals surface area contributed by atoms with Crippen LogP contribution in [0, 0.1) is 0 Å². The smallest absolute Gasteiger partial charge is 0.772 e. The Labute approximate surface area is 90.9 Å². The van der Waals surface area contributed by atoms with Crippen LogP contribution < -0.4 is 29.6 Å². The summed E-state index contributed by atoms with van der Waals surface area (Å²) in [5.74, 6) is -0.395. The number of carbonyl (C=O) groups is 1. The van der Waals surface area contributed by atoms with E-state index < -0.39 is 22.2 Å². The largest absolute Gasteiger partial charge is 1.00 e. The molecule has 6 heteroatoms. The van der Waals surface area contributed by atoms with Crippen molar-refractivity contribution >= 4 is 17.0 Å². The van der Waals surface area contributed by atoms with E-state index in [2.05, 4.69) is 0 Å². The van der Waals surface area contributed by atoms with Gasteiger partial charge in [0.05, 0.1) is 5.25 Å². The van der Waals surface area contributed by atoms with Crippen molar-refractivity contribution in [3.05, 3.63) is 0 Å². The molecule has 0 heterocycles. The first-order valence-electron chi connectivity index (χ1n) is 2.76. The molecular formula is C5H10NNaO3S. The second-order valence-corrected chi connectivity index (χ2v) is 3.36. The molecule has 0 aromatic heterocycles. The standard InChI is InChI=1S/C5H11NO3S.Na/c1-4(10(8)9)5(7)6(2)3;/h4H,1-3H3,(H,8,9);/q;+1/p-1. The molecule has 0 radical (unpaired) electrons. The molecule has 0 aromatic carbocycles. The van der Waals surface area contributed by atoms with Crippen molar-refractivity contribution in [3.8, 4) is 0 Å². The molecule has 0 aliphatic rings. The van der Waals surface area contributed by atoms with Crippen molar-refractivity contribution in [2.24, 2.45) is 0 Å². The van der Waals surface area contributed by atoms with Crippen molar-refractivity contribution < 1.29 is 43.1 Å². The molecule has 0 aromatic rings. The first kappa shape index (κ1) is 14.1. The topological polar surface area (TPSA) is 60.4 Å². The minimum Gasteiger partial charge on any atom is -0.772 e. The summed E-state index contributed by atoms with van der Waals surface area (Å²) < 4.78 is 20.4. The van der Waals surface area contributed by atoms with Crippen molar-refractivity contribution in [1.82, 2.24) is 4.90 Å². The SMILES string of the molecule is CC(C(=O)N(C)C)S(=O)[O-].[Na+]. The number of carbonyl (C=O) groups excluding carboxylic acids is 1. The van der Waals surface area contributed by atoms with Crippen LogP contribution in [0.2, 0.25) is 0 Å². The van der Waals surface area contributed by atoms with E-state index >= 15 is 0 Å². The molecule has 0 aliphatic heterocycles. The molecule has 0 rings (SSSR count). The van der Waals surface area contributed by atoms with E-state index in [-0.39, 0.29) is 29.6 Å². The van der Waals surface area contributed by atoms with Crippen molar-refractivity contribution in [1.29, 1.82) is 0 Å². The zero-order chi connectivity index (χ0) is 8.31. The Balaban J connectivity index is 0. The summed E-state index contributed by atoms with van der Waals surface area (Å²) in [4.78, 5) is 12.1. The van der Waals surface area contributed by atoms with Gasteiger partial charge in [-0.2, -0.15) is 0 Å². The summed E-state index contributed by atoms with van der Waals surface area (Å²) in [6, 6.07) is 0. The van der Waals surface area contributed by atoms with Gasteiger partial charge in [-0.3, -0.25) is 9.00 Å². The van der Waals surface area contributed by atoms with Gasteiger partial charge < -0.3 is 9.45 Å². The summed E-state index contributed by atoms with van der Waals surface area (Å²) in [6.45, 7) is 1.35. The Morgan fingerprint density at radius 3 is 2.00 bits per heavy atom. The Morgan fingerprint density at radius 2 is 1.91 bits per heavy atom. The Kier molecular flexibility index (Phi) is 7.88. The summed E-state index contributed by atoms with van der Waals surface area (Å²) in [5, 5.41) is -0.935. The number of amides is 1. The third kappa shape index (κ3) is 4.92.